The summed E-state index contributed by atoms with van der Waals surface area (Å²) < 4.78 is 0. The maximum atomic E-state index is 12.3. The van der Waals surface area contributed by atoms with Crippen molar-refractivity contribution >= 4 is 29.5 Å². The average Bonchev–Trinajstić information content (AvgIpc) is 2.66. The summed E-state index contributed by atoms with van der Waals surface area (Å²) in [4.78, 5) is 23.1. The molecule has 1 unspecified atom stereocenters. The molecule has 28 heavy (non-hydrogen) atoms. The second kappa shape index (κ2) is 10.4. The fourth-order valence-electron chi connectivity index (χ4n) is 3.29. The van der Waals surface area contributed by atoms with Crippen molar-refractivity contribution in [1.29, 1.82) is 0 Å². The maximum Gasteiger partial charge on any atom is 0.241 e. The van der Waals surface area contributed by atoms with Crippen molar-refractivity contribution in [3.8, 4) is 0 Å². The molecule has 1 aromatic carbocycles. The Kier molecular flexibility index (Phi) is 8.20. The van der Waals surface area contributed by atoms with Gasteiger partial charge < -0.3 is 10.4 Å². The molecule has 1 aliphatic carbocycles. The Bertz CT molecular complexity index is 723. The minimum absolute atomic E-state index is 0.0611. The van der Waals surface area contributed by atoms with Crippen molar-refractivity contribution < 1.29 is 14.7 Å². The largest absolute Gasteiger partial charge is 0.379 e. The van der Waals surface area contributed by atoms with Crippen LogP contribution in [-0.2, 0) is 15.2 Å². The number of hydrogen-bond acceptors (Lipinski definition) is 5. The maximum absolute atomic E-state index is 12.3. The number of nitrogens with zero attached hydrogens (tertiary/aromatic N) is 2. The zero-order valence-corrected chi connectivity index (χ0v) is 17.2. The Morgan fingerprint density at radius 3 is 2.57 bits per heavy atom. The number of halogens is 1. The average molecular weight is 406 g/mol. The molecule has 1 aromatic rings. The highest BCUT2D eigenvalue weighted by atomic mass is 35.5. The van der Waals surface area contributed by atoms with Crippen LogP contribution < -0.4 is 5.32 Å². The third-order valence-corrected chi connectivity index (χ3v) is 5.11. The first kappa shape index (κ1) is 22.1. The molecule has 0 bridgehead atoms. The lowest BCUT2D eigenvalue weighted by Gasteiger charge is -2.27. The van der Waals surface area contributed by atoms with E-state index in [4.69, 9.17) is 11.6 Å². The number of carbonyl (C=O) groups is 2. The number of hydrazone groups is 1. The van der Waals surface area contributed by atoms with E-state index in [2.05, 4.69) is 10.4 Å². The summed E-state index contributed by atoms with van der Waals surface area (Å²) in [5, 5.41) is 20.5. The Hall–Kier alpha value is -2.18. The number of nitrogens with one attached hydrogen (secondary N) is 1. The van der Waals surface area contributed by atoms with Crippen LogP contribution in [0.4, 0.5) is 0 Å². The first-order valence-electron chi connectivity index (χ1n) is 9.52. The summed E-state index contributed by atoms with van der Waals surface area (Å²) in [5.41, 5.74) is -0.640. The van der Waals surface area contributed by atoms with Crippen LogP contribution in [0, 0.1) is 0 Å². The van der Waals surface area contributed by atoms with E-state index in [1.54, 1.807) is 38.2 Å². The second-order valence-corrected chi connectivity index (χ2v) is 7.71. The number of likely N-dealkylation sites (N-methyl/N-ethyl adjacent to an activating group) is 1. The van der Waals surface area contributed by atoms with Crippen molar-refractivity contribution in [1.82, 2.24) is 10.3 Å². The molecule has 1 amide bonds. The Balaban J connectivity index is 2.12. The van der Waals surface area contributed by atoms with Crippen LogP contribution in [0.25, 0.3) is 0 Å². The number of carbonyl (C=O) groups excluding carboxylic acids is 2. The van der Waals surface area contributed by atoms with Crippen molar-refractivity contribution in [2.24, 2.45) is 5.10 Å². The quantitative estimate of drug-likeness (QED) is 0.301. The predicted molar refractivity (Wildman–Crippen MR) is 111 cm³/mol. The summed E-state index contributed by atoms with van der Waals surface area (Å²) in [6, 6.07) is 6.97. The molecule has 1 fully saturated rings. The molecule has 2 N–H and O–H groups in total. The number of amides is 1. The minimum atomic E-state index is -1.46. The van der Waals surface area contributed by atoms with Crippen molar-refractivity contribution in [3.05, 3.63) is 47.0 Å². The van der Waals surface area contributed by atoms with Gasteiger partial charge in [0, 0.05) is 18.1 Å². The number of allylic oxidation sites excluding steroid dienone is 1. The van der Waals surface area contributed by atoms with E-state index in [-0.39, 0.29) is 24.2 Å². The summed E-state index contributed by atoms with van der Waals surface area (Å²) in [7, 11) is 1.66. The summed E-state index contributed by atoms with van der Waals surface area (Å²) in [6.45, 7) is 1.64. The van der Waals surface area contributed by atoms with Crippen molar-refractivity contribution in [2.75, 3.05) is 13.6 Å². The highest BCUT2D eigenvalue weighted by Gasteiger charge is 2.29. The Morgan fingerprint density at radius 1 is 1.32 bits per heavy atom. The van der Waals surface area contributed by atoms with E-state index in [0.29, 0.717) is 16.9 Å². The fourth-order valence-corrected chi connectivity index (χ4v) is 3.42. The molecule has 1 atom stereocenters. The zero-order valence-electron chi connectivity index (χ0n) is 16.4. The van der Waals surface area contributed by atoms with Crippen molar-refractivity contribution in [3.63, 3.8) is 0 Å². The van der Waals surface area contributed by atoms with Gasteiger partial charge in [-0.3, -0.25) is 14.6 Å². The van der Waals surface area contributed by atoms with Gasteiger partial charge in [0.05, 0.1) is 5.71 Å². The van der Waals surface area contributed by atoms with Gasteiger partial charge in [0.2, 0.25) is 5.91 Å². The van der Waals surface area contributed by atoms with Crippen molar-refractivity contribution in [2.45, 2.75) is 50.7 Å². The molecule has 2 rings (SSSR count). The van der Waals surface area contributed by atoms with Gasteiger partial charge in [0.1, 0.15) is 18.4 Å². The van der Waals surface area contributed by atoms with E-state index in [1.165, 1.54) is 23.6 Å². The van der Waals surface area contributed by atoms with E-state index >= 15 is 0 Å². The summed E-state index contributed by atoms with van der Waals surface area (Å²) >= 11 is 5.92. The van der Waals surface area contributed by atoms with Crippen LogP contribution in [-0.4, -0.2) is 47.7 Å². The smallest absolute Gasteiger partial charge is 0.241 e. The standard InChI is InChI=1S/C21H28ClN3O3/c1-21(28,16-10-12-17(22)13-11-16)19(9-6-14-26)24-25(2)15-20(27)23-18-7-4-3-5-8-18/h6,9-14,18,28H,3-5,7-8,15H2,1-2H3,(H,23,27)/b9-6+,24-19+. The number of rotatable bonds is 8. The molecule has 7 heteroatoms. The van der Waals surface area contributed by atoms with E-state index in [1.807, 2.05) is 0 Å². The third-order valence-electron chi connectivity index (χ3n) is 4.86. The molecule has 0 saturated heterocycles. The normalized spacial score (nSPS) is 17.9. The van der Waals surface area contributed by atoms with Gasteiger partial charge in [0.25, 0.3) is 0 Å². The summed E-state index contributed by atoms with van der Waals surface area (Å²) in [6.07, 6.45) is 8.85. The number of aliphatic hydroxyl groups is 1. The van der Waals surface area contributed by atoms with Crippen LogP contribution in [0.3, 0.4) is 0 Å². The monoisotopic (exact) mass is 405 g/mol. The lowest BCUT2D eigenvalue weighted by atomic mass is 9.90. The number of hydrogen-bond donors (Lipinski definition) is 2. The molecular weight excluding hydrogens is 378 g/mol. The molecule has 6 nitrogen and oxygen atoms in total. The minimum Gasteiger partial charge on any atom is -0.379 e. The second-order valence-electron chi connectivity index (χ2n) is 7.28. The molecule has 0 spiro atoms. The van der Waals surface area contributed by atoms with Gasteiger partial charge in [-0.1, -0.05) is 43.0 Å². The number of benzene rings is 1. The van der Waals surface area contributed by atoms with E-state index < -0.39 is 5.60 Å². The van der Waals surface area contributed by atoms with Crippen LogP contribution in [0.1, 0.15) is 44.6 Å². The van der Waals surface area contributed by atoms with Crippen LogP contribution >= 0.6 is 11.6 Å². The number of aldehydes is 1. The summed E-state index contributed by atoms with van der Waals surface area (Å²) in [5.74, 6) is -0.108. The fraction of sp³-hybridized carbons (Fsp3) is 0.476. The molecule has 0 heterocycles. The van der Waals surface area contributed by atoms with Gasteiger partial charge in [-0.2, -0.15) is 5.10 Å². The van der Waals surface area contributed by atoms with Gasteiger partial charge in [-0.25, -0.2) is 0 Å². The first-order valence-corrected chi connectivity index (χ1v) is 9.90. The molecule has 0 aromatic heterocycles. The topological polar surface area (TPSA) is 82.0 Å². The molecular formula is C21H28ClN3O3. The lowest BCUT2D eigenvalue weighted by Crippen LogP contribution is -2.41. The SMILES string of the molecule is CN(CC(=O)NC1CCCCC1)/N=C(\C=C\C=O)C(C)(O)c1ccc(Cl)cc1. The first-order chi connectivity index (χ1) is 13.3. The Labute approximate surface area is 171 Å². The van der Waals surface area contributed by atoms with Crippen LogP contribution in [0.5, 0.6) is 0 Å². The van der Waals surface area contributed by atoms with Gasteiger partial charge in [-0.15, -0.1) is 0 Å². The molecule has 1 saturated carbocycles. The third kappa shape index (κ3) is 6.46. The van der Waals surface area contributed by atoms with Crippen LogP contribution in [0.2, 0.25) is 5.02 Å². The van der Waals surface area contributed by atoms with Gasteiger partial charge >= 0.3 is 0 Å². The van der Waals surface area contributed by atoms with Gasteiger partial charge in [-0.05, 0) is 49.6 Å². The molecule has 152 valence electrons. The van der Waals surface area contributed by atoms with Gasteiger partial charge in [0.15, 0.2) is 0 Å². The van der Waals surface area contributed by atoms with E-state index in [9.17, 15) is 14.7 Å². The molecule has 0 radical (unpaired) electrons. The van der Waals surface area contributed by atoms with E-state index in [0.717, 1.165) is 25.7 Å². The highest BCUT2D eigenvalue weighted by molar-refractivity contribution is 6.30. The molecule has 1 aliphatic rings. The van der Waals surface area contributed by atoms with Crippen LogP contribution in [0.15, 0.2) is 41.5 Å². The lowest BCUT2D eigenvalue weighted by molar-refractivity contribution is -0.122. The zero-order chi connectivity index (χ0) is 20.6. The Morgan fingerprint density at radius 2 is 1.96 bits per heavy atom. The highest BCUT2D eigenvalue weighted by Crippen LogP contribution is 2.25. The molecule has 0 aliphatic heterocycles. The predicted octanol–water partition coefficient (Wildman–Crippen LogP) is 3.04.